The molecule has 1 aromatic heterocycles. The number of carboxylic acid groups (broad SMARTS) is 1. The molecule has 0 aliphatic heterocycles. The van der Waals surface area contributed by atoms with Crippen molar-refractivity contribution in [3.63, 3.8) is 0 Å². The van der Waals surface area contributed by atoms with Crippen molar-refractivity contribution in [2.45, 2.75) is 14.7 Å². The third-order valence-electron chi connectivity index (χ3n) is 8.76. The van der Waals surface area contributed by atoms with Crippen LogP contribution in [0.2, 0.25) is 0 Å². The summed E-state index contributed by atoms with van der Waals surface area (Å²) in [6.45, 7) is -1.76. The van der Waals surface area contributed by atoms with Crippen LogP contribution in [-0.4, -0.2) is 109 Å². The van der Waals surface area contributed by atoms with Crippen LogP contribution in [0, 0.1) is 0 Å². The molecule has 0 aliphatic rings. The number of hydrogen-bond donors (Lipinski definition) is 8. The van der Waals surface area contributed by atoms with Crippen molar-refractivity contribution in [2.75, 3.05) is 33.5 Å². The van der Waals surface area contributed by atoms with Gasteiger partial charge in [0.15, 0.2) is 17.1 Å². The zero-order valence-corrected chi connectivity index (χ0v) is 35.8. The number of H-pyrrole nitrogens is 1. The lowest BCUT2D eigenvalue weighted by atomic mass is 10.1. The molecule has 0 atom stereocenters. The van der Waals surface area contributed by atoms with E-state index in [1.165, 1.54) is 31.4 Å². The number of aromatic amines is 1. The van der Waals surface area contributed by atoms with Crippen molar-refractivity contribution in [1.29, 1.82) is 0 Å². The number of nitrogens with zero attached hydrogens (tertiary/aromatic N) is 7. The van der Waals surface area contributed by atoms with Gasteiger partial charge in [-0.1, -0.05) is 0 Å². The highest BCUT2D eigenvalue weighted by atomic mass is 32.2. The van der Waals surface area contributed by atoms with Gasteiger partial charge in [0.05, 0.1) is 36.6 Å². The Morgan fingerprint density at radius 3 is 1.79 bits per heavy atom. The number of hydrogen-bond acceptors (Lipinski definition) is 20. The summed E-state index contributed by atoms with van der Waals surface area (Å²) in [7, 11) is -13.4. The quantitative estimate of drug-likeness (QED) is 0.0391. The second-order valence-corrected chi connectivity index (χ2v) is 17.2. The number of ether oxygens (including phenoxy) is 3. The van der Waals surface area contributed by atoms with Crippen molar-refractivity contribution in [3.05, 3.63) is 94.9 Å². The van der Waals surface area contributed by atoms with E-state index in [1.807, 2.05) is 0 Å². The molecule has 0 radical (unpaired) electrons. The zero-order chi connectivity index (χ0) is 48.1. The molecule has 6 rings (SSSR count). The lowest BCUT2D eigenvalue weighted by molar-refractivity contribution is 0.0690. The Morgan fingerprint density at radius 1 is 0.667 bits per heavy atom. The number of rotatable bonds is 18. The van der Waals surface area contributed by atoms with Gasteiger partial charge in [-0.3, -0.25) is 23.6 Å². The molecule has 0 aliphatic carbocycles. The topological polar surface area (TPSA) is 401 Å². The maximum atomic E-state index is 13.5. The minimum absolute atomic E-state index is 0.0365. The van der Waals surface area contributed by atoms with Crippen molar-refractivity contribution in [1.82, 2.24) is 9.78 Å². The molecule has 8 N–H and O–H groups in total. The average Bonchev–Trinajstić information content (AvgIpc) is 3.60. The Kier molecular flexibility index (Phi) is 14.0. The number of aromatic nitrogens is 2. The Balaban J connectivity index is 1.42. The van der Waals surface area contributed by atoms with E-state index in [2.05, 4.69) is 35.8 Å². The van der Waals surface area contributed by atoms with E-state index in [0.717, 1.165) is 54.6 Å². The van der Waals surface area contributed by atoms with E-state index in [4.69, 9.17) is 14.2 Å². The second-order valence-electron chi connectivity index (χ2n) is 13.0. The van der Waals surface area contributed by atoms with Crippen LogP contribution >= 0.6 is 0 Å². The molecule has 0 saturated carbocycles. The number of phenols is 1. The summed E-state index contributed by atoms with van der Waals surface area (Å²) >= 11 is 0. The number of methoxy groups -OCH3 is 1. The molecule has 0 fully saturated rings. The van der Waals surface area contributed by atoms with Crippen molar-refractivity contribution >= 4 is 81.2 Å². The van der Waals surface area contributed by atoms with Gasteiger partial charge < -0.3 is 34.6 Å². The van der Waals surface area contributed by atoms with Crippen LogP contribution in [0.5, 0.6) is 23.0 Å². The highest BCUT2D eigenvalue weighted by Crippen LogP contribution is 2.45. The van der Waals surface area contributed by atoms with Crippen molar-refractivity contribution in [2.24, 2.45) is 30.7 Å². The molecule has 29 heteroatoms. The van der Waals surface area contributed by atoms with E-state index < -0.39 is 92.6 Å². The summed E-state index contributed by atoms with van der Waals surface area (Å²) in [4.78, 5) is 23.4. The van der Waals surface area contributed by atoms with Crippen molar-refractivity contribution in [3.8, 4) is 28.7 Å². The summed E-state index contributed by atoms with van der Waals surface area (Å²) in [6.07, 6.45) is 0. The molecule has 5 aromatic carbocycles. The first-order valence-electron chi connectivity index (χ1n) is 18.1. The normalized spacial score (nSPS) is 12.5. The van der Waals surface area contributed by atoms with E-state index in [0.29, 0.717) is 4.68 Å². The molecule has 0 bridgehead atoms. The molecule has 0 spiro atoms. The zero-order valence-electron chi connectivity index (χ0n) is 33.3. The van der Waals surface area contributed by atoms with Gasteiger partial charge in [-0.2, -0.15) is 30.4 Å². The Morgan fingerprint density at radius 2 is 1.24 bits per heavy atom. The molecule has 6 aromatic rings. The van der Waals surface area contributed by atoms with Gasteiger partial charge in [0, 0.05) is 23.6 Å². The number of aromatic carboxylic acids is 1. The average molecular weight is 973 g/mol. The lowest BCUT2D eigenvalue weighted by Crippen LogP contribution is -2.14. The number of nitrogens with one attached hydrogen (secondary N) is 1. The molecule has 0 amide bonds. The smallest absolute Gasteiger partial charge is 0.356 e. The summed E-state index contributed by atoms with van der Waals surface area (Å²) in [6, 6.07) is 14.3. The third-order valence-corrected chi connectivity index (χ3v) is 11.4. The number of carboxylic acids is 1. The largest absolute Gasteiger partial charge is 0.505 e. The number of aromatic hydroxyl groups is 1. The van der Waals surface area contributed by atoms with Crippen LogP contribution in [0.3, 0.4) is 0 Å². The summed E-state index contributed by atoms with van der Waals surface area (Å²) in [5.41, 5.74) is -4.34. The summed E-state index contributed by atoms with van der Waals surface area (Å²) in [5, 5.41) is 65.5. The molecule has 0 unspecified atom stereocenters. The lowest BCUT2D eigenvalue weighted by Gasteiger charge is -2.13. The van der Waals surface area contributed by atoms with Gasteiger partial charge in [-0.25, -0.2) is 9.48 Å². The Labute approximate surface area is 370 Å². The first-order chi connectivity index (χ1) is 31.1. The number of phenolic OH excluding ortho intramolecular Hbond substituents is 1. The van der Waals surface area contributed by atoms with E-state index in [9.17, 15) is 68.9 Å². The Hall–Kier alpha value is -7.51. The van der Waals surface area contributed by atoms with Crippen LogP contribution in [0.1, 0.15) is 10.5 Å². The Bertz CT molecular complexity index is 3370. The van der Waals surface area contributed by atoms with Gasteiger partial charge in [0.1, 0.15) is 63.0 Å². The van der Waals surface area contributed by atoms with Gasteiger partial charge in [-0.15, -0.1) is 25.6 Å². The second kappa shape index (κ2) is 19.3. The van der Waals surface area contributed by atoms with Crippen LogP contribution in [0.4, 0.5) is 34.1 Å². The van der Waals surface area contributed by atoms with Crippen LogP contribution < -0.4 is 19.8 Å². The molecule has 26 nitrogen and oxygen atoms in total. The highest BCUT2D eigenvalue weighted by Gasteiger charge is 2.25. The number of aliphatic hydroxyl groups excluding tert-OH is 2. The number of carbonyl (C=O) groups is 1. The third kappa shape index (κ3) is 10.7. The number of aliphatic hydroxyl groups is 2. The van der Waals surface area contributed by atoms with Gasteiger partial charge in [0.2, 0.25) is 0 Å². The number of fused-ring (bicyclic) bond motifs is 1. The van der Waals surface area contributed by atoms with Gasteiger partial charge >= 0.3 is 5.97 Å². The molecule has 1 heterocycles. The van der Waals surface area contributed by atoms with Crippen LogP contribution in [0.25, 0.3) is 16.5 Å². The SMILES string of the molecule is COc1ccc(N=Nc2cc(OCCO)c(N=Nc3c(S(=O)(=O)O)cc4cc(-n5[nH]c(C(=O)O)c(N=Nc6ccc(S(=O)(=O)O)cc6)c5=O)ccc4c3O)cc2OCCO)c(S(=O)(=O)O)c1. The number of azo groups is 3. The maximum absolute atomic E-state index is 13.5. The fourth-order valence-electron chi connectivity index (χ4n) is 5.78. The molecular formula is C37H32N8O18S3. The summed E-state index contributed by atoms with van der Waals surface area (Å²) < 4.78 is 118. The molecule has 66 heavy (non-hydrogen) atoms. The van der Waals surface area contributed by atoms with Crippen LogP contribution in [-0.2, 0) is 30.4 Å². The van der Waals surface area contributed by atoms with Gasteiger partial charge in [-0.05, 0) is 66.0 Å². The first-order valence-corrected chi connectivity index (χ1v) is 22.5. The predicted molar refractivity (Wildman–Crippen MR) is 226 cm³/mol. The fraction of sp³-hybridized carbons (Fsp3) is 0.135. The monoisotopic (exact) mass is 972 g/mol. The summed E-state index contributed by atoms with van der Waals surface area (Å²) in [5.74, 6) is -2.88. The number of benzene rings is 5. The van der Waals surface area contributed by atoms with E-state index >= 15 is 0 Å². The minimum Gasteiger partial charge on any atom is -0.505 e. The minimum atomic E-state index is -5.25. The van der Waals surface area contributed by atoms with Crippen molar-refractivity contribution < 1.29 is 78.3 Å². The van der Waals surface area contributed by atoms with Gasteiger partial charge in [0.25, 0.3) is 35.9 Å². The van der Waals surface area contributed by atoms with Crippen LogP contribution in [0.15, 0.2) is 129 Å². The standard InChI is InChI=1S/C37H32N8O18S3/c1-61-22-5-9-25(30(16-22)65(55,56)57)39-40-26-17-29(63-13-11-47)27(18-28(26)62-12-10-46)41-42-32-31(66(58,59)60)15-19-14-21(4-8-24(19)35(32)48)45-36(49)33(34(44-45)37(50)51)43-38-20-2-6-23(7-3-20)64(52,53)54/h2-9,14-18,44,46-48H,10-13H2,1H3,(H,50,51)(H,52,53,54)(H,55,56,57)(H,58,59,60). The molecule has 346 valence electrons. The van der Waals surface area contributed by atoms with E-state index in [-0.39, 0.29) is 69.7 Å². The highest BCUT2D eigenvalue weighted by molar-refractivity contribution is 7.86. The fourth-order valence-corrected chi connectivity index (χ4v) is 7.55. The molecule has 0 saturated heterocycles. The molecular weight excluding hydrogens is 941 g/mol. The maximum Gasteiger partial charge on any atom is 0.356 e. The first kappa shape index (κ1) is 48.0. The van der Waals surface area contributed by atoms with E-state index in [1.54, 1.807) is 0 Å². The predicted octanol–water partition coefficient (Wildman–Crippen LogP) is 5.46.